The number of ether oxygens (including phenoxy) is 1. The Morgan fingerprint density at radius 3 is 2.27 bits per heavy atom. The number of furan rings is 1. The van der Waals surface area contributed by atoms with Crippen molar-refractivity contribution in [3.05, 3.63) is 60.2 Å². The molecule has 1 saturated heterocycles. The molecular formula is C32H37N5O4. The van der Waals surface area contributed by atoms with Crippen molar-refractivity contribution in [3.63, 3.8) is 0 Å². The number of hydrogen-bond donors (Lipinski definition) is 2. The molecule has 0 radical (unpaired) electrons. The lowest BCUT2D eigenvalue weighted by atomic mass is 9.69. The van der Waals surface area contributed by atoms with E-state index in [0.29, 0.717) is 23.3 Å². The smallest absolute Gasteiger partial charge is 0.408 e. The van der Waals surface area contributed by atoms with E-state index in [4.69, 9.17) is 19.1 Å². The van der Waals surface area contributed by atoms with Crippen molar-refractivity contribution in [3.8, 4) is 28.3 Å². The number of nitrogens with one attached hydrogen (secondary N) is 1. The predicted molar refractivity (Wildman–Crippen MR) is 159 cm³/mol. The third-order valence-corrected chi connectivity index (χ3v) is 8.32. The normalized spacial score (nSPS) is 16.8. The Morgan fingerprint density at radius 2 is 1.71 bits per heavy atom. The van der Waals surface area contributed by atoms with E-state index < -0.39 is 17.2 Å². The highest BCUT2D eigenvalue weighted by Gasteiger charge is 2.50. The first-order chi connectivity index (χ1) is 19.7. The summed E-state index contributed by atoms with van der Waals surface area (Å²) in [4.78, 5) is 25.9. The Kier molecular flexibility index (Phi) is 6.85. The van der Waals surface area contributed by atoms with Gasteiger partial charge in [-0.1, -0.05) is 54.6 Å². The van der Waals surface area contributed by atoms with Crippen LogP contribution in [0.25, 0.3) is 33.6 Å². The maximum atomic E-state index is 12.4. The number of rotatable bonds is 6. The zero-order chi connectivity index (χ0) is 28.8. The van der Waals surface area contributed by atoms with Crippen molar-refractivity contribution in [2.75, 3.05) is 38.2 Å². The van der Waals surface area contributed by atoms with E-state index in [1.807, 2.05) is 75.4 Å². The van der Waals surface area contributed by atoms with Crippen LogP contribution in [0.15, 0.2) is 59.0 Å². The first-order valence-electron chi connectivity index (χ1n) is 14.3. The van der Waals surface area contributed by atoms with Crippen LogP contribution in [-0.2, 0) is 5.54 Å². The van der Waals surface area contributed by atoms with Gasteiger partial charge in [0.1, 0.15) is 11.1 Å². The molecule has 9 nitrogen and oxygen atoms in total. The summed E-state index contributed by atoms with van der Waals surface area (Å²) in [5, 5.41) is 14.3. The van der Waals surface area contributed by atoms with Gasteiger partial charge in [-0.15, -0.1) is 0 Å². The van der Waals surface area contributed by atoms with E-state index in [1.54, 1.807) is 12.0 Å². The number of aromatic nitrogens is 2. The van der Waals surface area contributed by atoms with Gasteiger partial charge >= 0.3 is 6.09 Å². The van der Waals surface area contributed by atoms with Crippen LogP contribution in [0.2, 0.25) is 0 Å². The second-order valence-corrected chi connectivity index (χ2v) is 11.9. The van der Waals surface area contributed by atoms with Gasteiger partial charge in [-0.2, -0.15) is 9.97 Å². The average Bonchev–Trinajstić information content (AvgIpc) is 3.34. The molecule has 6 rings (SSSR count). The van der Waals surface area contributed by atoms with Crippen LogP contribution in [-0.4, -0.2) is 64.9 Å². The van der Waals surface area contributed by atoms with E-state index >= 15 is 0 Å². The van der Waals surface area contributed by atoms with Gasteiger partial charge in [0.2, 0.25) is 17.5 Å². The van der Waals surface area contributed by atoms with Gasteiger partial charge in [-0.25, -0.2) is 4.79 Å². The molecule has 9 heteroatoms. The topological polar surface area (TPSA) is 104 Å². The van der Waals surface area contributed by atoms with Crippen molar-refractivity contribution in [2.24, 2.45) is 0 Å². The summed E-state index contributed by atoms with van der Waals surface area (Å²) in [7, 11) is 1.63. The minimum absolute atomic E-state index is 0.476. The highest BCUT2D eigenvalue weighted by molar-refractivity contribution is 6.03. The molecule has 2 aliphatic rings. The predicted octanol–water partition coefficient (Wildman–Crippen LogP) is 6.13. The number of fused-ring (bicyclic) bond motifs is 1. The maximum absolute atomic E-state index is 12.4. The molecule has 2 aromatic carbocycles. The molecule has 2 fully saturated rings. The third-order valence-electron chi connectivity index (χ3n) is 8.32. The van der Waals surface area contributed by atoms with Crippen LogP contribution < -0.4 is 15.0 Å². The average molecular weight is 556 g/mol. The number of benzene rings is 2. The molecule has 214 valence electrons. The minimum Gasteiger partial charge on any atom is -0.480 e. The molecule has 1 aliphatic carbocycles. The molecular weight excluding hydrogens is 518 g/mol. The van der Waals surface area contributed by atoms with Gasteiger partial charge in [0, 0.05) is 42.8 Å². The Bertz CT molecular complexity index is 1550. The molecule has 2 N–H and O–H groups in total. The zero-order valence-electron chi connectivity index (χ0n) is 24.1. The first kappa shape index (κ1) is 27.1. The molecule has 4 aromatic rings. The lowest BCUT2D eigenvalue weighted by Gasteiger charge is -2.54. The fourth-order valence-corrected chi connectivity index (χ4v) is 6.39. The van der Waals surface area contributed by atoms with Crippen LogP contribution in [0, 0.1) is 0 Å². The van der Waals surface area contributed by atoms with Gasteiger partial charge < -0.3 is 24.5 Å². The molecule has 3 heterocycles. The quantitative estimate of drug-likeness (QED) is 0.293. The summed E-state index contributed by atoms with van der Waals surface area (Å²) in [6, 6.07) is 18.2. The second kappa shape index (κ2) is 10.4. The molecule has 0 unspecified atom stereocenters. The summed E-state index contributed by atoms with van der Waals surface area (Å²) in [5.74, 6) is 1.75. The van der Waals surface area contributed by atoms with E-state index in [0.717, 1.165) is 73.1 Å². The van der Waals surface area contributed by atoms with Crippen LogP contribution in [0.3, 0.4) is 0 Å². The van der Waals surface area contributed by atoms with Crippen molar-refractivity contribution in [2.45, 2.75) is 51.1 Å². The Morgan fingerprint density at radius 1 is 1.02 bits per heavy atom. The Labute approximate surface area is 240 Å². The highest BCUT2D eigenvalue weighted by atomic mass is 16.5. The van der Waals surface area contributed by atoms with Crippen molar-refractivity contribution in [1.82, 2.24) is 20.2 Å². The molecule has 2 aromatic heterocycles. The van der Waals surface area contributed by atoms with Gasteiger partial charge in [0.05, 0.1) is 12.6 Å². The molecule has 0 spiro atoms. The van der Waals surface area contributed by atoms with Crippen LogP contribution in [0.4, 0.5) is 10.7 Å². The molecule has 1 amide bonds. The second-order valence-electron chi connectivity index (χ2n) is 11.9. The van der Waals surface area contributed by atoms with Crippen molar-refractivity contribution >= 4 is 23.1 Å². The summed E-state index contributed by atoms with van der Waals surface area (Å²) in [6.45, 7) is 9.21. The standard InChI is InChI=1S/C32H37N5O4/c1-31(2,3)37(30(38)39)32(15-8-16-32)23-13-11-22(12-14-23)26-24(21-9-6-5-7-10-21)25-27(40-4)34-29(35-28(25)41-26)36-19-17-33-18-20-36/h5-7,9-14,33H,8,15-20H2,1-4H3,(H,38,39). The lowest BCUT2D eigenvalue weighted by molar-refractivity contribution is -0.0328. The van der Waals surface area contributed by atoms with Gasteiger partial charge in [0.15, 0.2) is 0 Å². The van der Waals surface area contributed by atoms with E-state index in [-0.39, 0.29) is 0 Å². The summed E-state index contributed by atoms with van der Waals surface area (Å²) in [6.07, 6.45) is 1.71. The Balaban J connectivity index is 1.48. The largest absolute Gasteiger partial charge is 0.480 e. The summed E-state index contributed by atoms with van der Waals surface area (Å²) in [5.41, 5.74) is 3.14. The van der Waals surface area contributed by atoms with Gasteiger partial charge in [-0.3, -0.25) is 4.90 Å². The third kappa shape index (κ3) is 4.68. The maximum Gasteiger partial charge on any atom is 0.408 e. The molecule has 0 bridgehead atoms. The number of nitrogens with zero attached hydrogens (tertiary/aromatic N) is 4. The zero-order valence-corrected chi connectivity index (χ0v) is 24.1. The fourth-order valence-electron chi connectivity index (χ4n) is 6.39. The van der Waals surface area contributed by atoms with Crippen LogP contribution >= 0.6 is 0 Å². The number of hydrogen-bond acceptors (Lipinski definition) is 7. The first-order valence-corrected chi connectivity index (χ1v) is 14.3. The number of methoxy groups -OCH3 is 1. The monoisotopic (exact) mass is 555 g/mol. The van der Waals surface area contributed by atoms with Crippen LogP contribution in [0.5, 0.6) is 5.88 Å². The van der Waals surface area contributed by atoms with Gasteiger partial charge in [-0.05, 0) is 51.2 Å². The van der Waals surface area contributed by atoms with Crippen molar-refractivity contribution < 1.29 is 19.1 Å². The molecule has 41 heavy (non-hydrogen) atoms. The lowest BCUT2D eigenvalue weighted by Crippen LogP contribution is -2.60. The fraction of sp³-hybridized carbons (Fsp3) is 0.406. The van der Waals surface area contributed by atoms with Crippen molar-refractivity contribution in [1.29, 1.82) is 0 Å². The highest BCUT2D eigenvalue weighted by Crippen LogP contribution is 2.50. The molecule has 1 aliphatic heterocycles. The summed E-state index contributed by atoms with van der Waals surface area (Å²) < 4.78 is 12.4. The summed E-state index contributed by atoms with van der Waals surface area (Å²) >= 11 is 0. The molecule has 1 saturated carbocycles. The van der Waals surface area contributed by atoms with E-state index in [9.17, 15) is 9.90 Å². The van der Waals surface area contributed by atoms with E-state index in [2.05, 4.69) is 10.2 Å². The number of carbonyl (C=O) groups is 1. The van der Waals surface area contributed by atoms with E-state index in [1.165, 1.54) is 0 Å². The minimum atomic E-state index is -0.893. The van der Waals surface area contributed by atoms with Gasteiger partial charge in [0.25, 0.3) is 0 Å². The number of piperazine rings is 1. The number of carboxylic acid groups (broad SMARTS) is 1. The SMILES string of the molecule is COc1nc(N2CCNCC2)nc2oc(-c3ccc(C4(N(C(=O)O)C(C)(C)C)CCC4)cc3)c(-c3ccccc3)c12. The van der Waals surface area contributed by atoms with Crippen LogP contribution in [0.1, 0.15) is 45.6 Å². The number of amides is 1. The molecule has 0 atom stereocenters. The Hall–Kier alpha value is -4.11. The number of anilines is 1.